The van der Waals surface area contributed by atoms with Crippen LogP contribution in [0.1, 0.15) is 12.5 Å². The number of hydrogen-bond acceptors (Lipinski definition) is 3. The Labute approximate surface area is 68.4 Å². The van der Waals surface area contributed by atoms with Crippen molar-refractivity contribution in [2.45, 2.75) is 20.0 Å². The quantitative estimate of drug-likeness (QED) is 0.698. The van der Waals surface area contributed by atoms with Crippen LogP contribution >= 0.6 is 0 Å². The number of aromatic nitrogens is 2. The van der Waals surface area contributed by atoms with Gasteiger partial charge >= 0.3 is 12.6 Å². The van der Waals surface area contributed by atoms with Gasteiger partial charge in [-0.3, -0.25) is 0 Å². The molecule has 0 unspecified atom stereocenters. The normalized spacial score (nSPS) is 10.3. The lowest BCUT2D eigenvalue weighted by Crippen LogP contribution is -2.05. The molecule has 0 bridgehead atoms. The number of halogens is 2. The highest BCUT2D eigenvalue weighted by Crippen LogP contribution is 2.06. The van der Waals surface area contributed by atoms with Crippen molar-refractivity contribution < 1.29 is 13.5 Å². The third-order valence-corrected chi connectivity index (χ3v) is 1.28. The summed E-state index contributed by atoms with van der Waals surface area (Å²) in [6.07, 6.45) is 3.70. The summed E-state index contributed by atoms with van der Waals surface area (Å²) in [5.74, 6) is 0. The maximum atomic E-state index is 11.6. The minimum Gasteiger partial charge on any atom is -0.401 e. The van der Waals surface area contributed by atoms with E-state index in [1.807, 2.05) is 6.92 Å². The second-order valence-corrected chi connectivity index (χ2v) is 2.11. The van der Waals surface area contributed by atoms with E-state index in [-0.39, 0.29) is 6.01 Å². The van der Waals surface area contributed by atoms with Crippen LogP contribution in [0.4, 0.5) is 8.78 Å². The lowest BCUT2D eigenvalue weighted by Gasteiger charge is -2.01. The lowest BCUT2D eigenvalue weighted by molar-refractivity contribution is -0.0561. The van der Waals surface area contributed by atoms with E-state index in [9.17, 15) is 8.78 Å². The van der Waals surface area contributed by atoms with Crippen molar-refractivity contribution in [3.8, 4) is 6.01 Å². The summed E-state index contributed by atoms with van der Waals surface area (Å²) in [7, 11) is 0. The van der Waals surface area contributed by atoms with Crippen LogP contribution in [-0.2, 0) is 6.42 Å². The fourth-order valence-corrected chi connectivity index (χ4v) is 0.666. The fourth-order valence-electron chi connectivity index (χ4n) is 0.666. The number of rotatable bonds is 3. The Balaban J connectivity index is 2.65. The van der Waals surface area contributed by atoms with Gasteiger partial charge in [0.25, 0.3) is 0 Å². The number of aryl methyl sites for hydroxylation is 1. The number of hydrogen-bond donors (Lipinski definition) is 0. The number of nitrogens with zero attached hydrogens (tertiary/aromatic N) is 2. The van der Waals surface area contributed by atoms with Gasteiger partial charge in [-0.15, -0.1) is 0 Å². The van der Waals surface area contributed by atoms with Crippen molar-refractivity contribution in [1.29, 1.82) is 0 Å². The Morgan fingerprint density at radius 1 is 1.42 bits per heavy atom. The first-order chi connectivity index (χ1) is 5.72. The standard InChI is InChI=1S/C7H8F2N2O/c1-2-5-3-10-7(11-4-5)12-6(8)9/h3-4,6H,2H2,1H3. The van der Waals surface area contributed by atoms with E-state index in [4.69, 9.17) is 0 Å². The molecule has 0 aliphatic heterocycles. The zero-order valence-electron chi connectivity index (χ0n) is 6.50. The van der Waals surface area contributed by atoms with Gasteiger partial charge in [0.05, 0.1) is 0 Å². The molecule has 0 aliphatic rings. The molecule has 3 nitrogen and oxygen atoms in total. The van der Waals surface area contributed by atoms with E-state index in [2.05, 4.69) is 14.7 Å². The molecule has 0 saturated carbocycles. The Hall–Kier alpha value is -1.26. The predicted octanol–water partition coefficient (Wildman–Crippen LogP) is 1.64. The molecule has 0 aromatic carbocycles. The molecule has 1 rings (SSSR count). The van der Waals surface area contributed by atoms with Crippen LogP contribution in [0.25, 0.3) is 0 Å². The minimum absolute atomic E-state index is 0.290. The van der Waals surface area contributed by atoms with Crippen molar-refractivity contribution in [3.63, 3.8) is 0 Å². The molecule has 0 spiro atoms. The molecule has 0 amide bonds. The molecule has 0 N–H and O–H groups in total. The van der Waals surface area contributed by atoms with Gasteiger partial charge in [0, 0.05) is 12.4 Å². The highest BCUT2D eigenvalue weighted by Gasteiger charge is 2.05. The first-order valence-corrected chi connectivity index (χ1v) is 3.48. The Kier molecular flexibility index (Phi) is 2.90. The maximum Gasteiger partial charge on any atom is 0.389 e. The fraction of sp³-hybridized carbons (Fsp3) is 0.429. The molecule has 1 aromatic heterocycles. The molecule has 0 saturated heterocycles. The van der Waals surface area contributed by atoms with Crippen molar-refractivity contribution in [2.24, 2.45) is 0 Å². The monoisotopic (exact) mass is 174 g/mol. The molecule has 1 aromatic rings. The van der Waals surface area contributed by atoms with Crippen molar-refractivity contribution in [2.75, 3.05) is 0 Å². The first kappa shape index (κ1) is 8.83. The summed E-state index contributed by atoms with van der Waals surface area (Å²) in [6, 6.07) is -0.290. The second-order valence-electron chi connectivity index (χ2n) is 2.11. The van der Waals surface area contributed by atoms with Crippen molar-refractivity contribution >= 4 is 0 Å². The van der Waals surface area contributed by atoms with Gasteiger partial charge in [-0.25, -0.2) is 9.97 Å². The van der Waals surface area contributed by atoms with Gasteiger partial charge in [-0.2, -0.15) is 8.78 Å². The topological polar surface area (TPSA) is 35.0 Å². The molecule has 0 radical (unpaired) electrons. The second kappa shape index (κ2) is 3.94. The van der Waals surface area contributed by atoms with Crippen LogP contribution in [0.3, 0.4) is 0 Å². The van der Waals surface area contributed by atoms with Gasteiger partial charge in [0.1, 0.15) is 0 Å². The SMILES string of the molecule is CCc1cnc(OC(F)F)nc1. The summed E-state index contributed by atoms with van der Waals surface area (Å²) >= 11 is 0. The maximum absolute atomic E-state index is 11.6. The number of ether oxygens (including phenoxy) is 1. The van der Waals surface area contributed by atoms with Crippen LogP contribution in [0, 0.1) is 0 Å². The summed E-state index contributed by atoms with van der Waals surface area (Å²) in [4.78, 5) is 7.15. The molecular formula is C7H8F2N2O. The van der Waals surface area contributed by atoms with Crippen LogP contribution in [0.5, 0.6) is 6.01 Å². The Morgan fingerprint density at radius 2 is 2.00 bits per heavy atom. The zero-order chi connectivity index (χ0) is 8.97. The lowest BCUT2D eigenvalue weighted by atomic mass is 10.3. The van der Waals surface area contributed by atoms with Gasteiger partial charge in [-0.1, -0.05) is 6.92 Å². The smallest absolute Gasteiger partial charge is 0.389 e. The zero-order valence-corrected chi connectivity index (χ0v) is 6.50. The van der Waals surface area contributed by atoms with Crippen molar-refractivity contribution in [1.82, 2.24) is 9.97 Å². The summed E-state index contributed by atoms with van der Waals surface area (Å²) in [5, 5.41) is 0. The minimum atomic E-state index is -2.86. The third kappa shape index (κ3) is 2.41. The Bertz CT molecular complexity index is 238. The van der Waals surface area contributed by atoms with E-state index < -0.39 is 6.61 Å². The average Bonchev–Trinajstić information content (AvgIpc) is 2.05. The molecule has 0 aliphatic carbocycles. The van der Waals surface area contributed by atoms with Gasteiger partial charge in [0.2, 0.25) is 0 Å². The van der Waals surface area contributed by atoms with E-state index in [1.165, 1.54) is 12.4 Å². The average molecular weight is 174 g/mol. The molecule has 0 atom stereocenters. The van der Waals surface area contributed by atoms with E-state index in [1.54, 1.807) is 0 Å². The summed E-state index contributed by atoms with van der Waals surface area (Å²) in [5.41, 5.74) is 0.886. The van der Waals surface area contributed by atoms with Crippen LogP contribution in [-0.4, -0.2) is 16.6 Å². The van der Waals surface area contributed by atoms with Crippen LogP contribution in [0.15, 0.2) is 12.4 Å². The van der Waals surface area contributed by atoms with Gasteiger partial charge in [-0.05, 0) is 12.0 Å². The van der Waals surface area contributed by atoms with Crippen LogP contribution in [0.2, 0.25) is 0 Å². The molecular weight excluding hydrogens is 166 g/mol. The molecule has 0 fully saturated rings. The summed E-state index contributed by atoms with van der Waals surface area (Å²) < 4.78 is 27.2. The molecule has 1 heterocycles. The number of alkyl halides is 2. The molecule has 12 heavy (non-hydrogen) atoms. The molecule has 5 heteroatoms. The highest BCUT2D eigenvalue weighted by molar-refractivity contribution is 5.06. The molecule has 66 valence electrons. The third-order valence-electron chi connectivity index (χ3n) is 1.28. The Morgan fingerprint density at radius 3 is 2.42 bits per heavy atom. The van der Waals surface area contributed by atoms with E-state index in [0.29, 0.717) is 0 Å². The van der Waals surface area contributed by atoms with E-state index >= 15 is 0 Å². The van der Waals surface area contributed by atoms with Gasteiger partial charge < -0.3 is 4.74 Å². The van der Waals surface area contributed by atoms with Gasteiger partial charge in [0.15, 0.2) is 0 Å². The largest absolute Gasteiger partial charge is 0.401 e. The summed E-state index contributed by atoms with van der Waals surface area (Å²) in [6.45, 7) is -0.940. The highest BCUT2D eigenvalue weighted by atomic mass is 19.3. The van der Waals surface area contributed by atoms with Crippen LogP contribution < -0.4 is 4.74 Å². The van der Waals surface area contributed by atoms with E-state index in [0.717, 1.165) is 12.0 Å². The van der Waals surface area contributed by atoms with Crippen molar-refractivity contribution in [3.05, 3.63) is 18.0 Å². The predicted molar refractivity (Wildman–Crippen MR) is 38.0 cm³/mol. The first-order valence-electron chi connectivity index (χ1n) is 3.48.